The quantitative estimate of drug-likeness (QED) is 0.0704. The lowest BCUT2D eigenvalue weighted by atomic mass is 9.98. The summed E-state index contributed by atoms with van der Waals surface area (Å²) >= 11 is 0. The third-order valence-corrected chi connectivity index (χ3v) is 8.42. The molecule has 4 N–H and O–H groups in total. The van der Waals surface area contributed by atoms with Gasteiger partial charge in [-0.3, -0.25) is 14.4 Å². The number of hydrogen-bond donors (Lipinski definition) is 4. The average molecular weight is 735 g/mol. The molecule has 4 rings (SSSR count). The van der Waals surface area contributed by atoms with Crippen LogP contribution in [0.4, 0.5) is 10.5 Å². The zero-order valence-electron chi connectivity index (χ0n) is 30.0. The number of alkyl carbamates (subject to hydrolysis) is 1. The fourth-order valence-electron chi connectivity index (χ4n) is 5.56. The van der Waals surface area contributed by atoms with E-state index in [4.69, 9.17) is 9.47 Å². The Hall–Kier alpha value is -6.27. The maximum absolute atomic E-state index is 13.8. The number of carbonyl (C=O) groups is 5. The van der Waals surface area contributed by atoms with Crippen molar-refractivity contribution in [2.75, 3.05) is 25.1 Å². The molecule has 0 fully saturated rings. The number of aliphatic hydroxyl groups excluding tert-OH is 1. The Morgan fingerprint density at radius 2 is 1.37 bits per heavy atom. The summed E-state index contributed by atoms with van der Waals surface area (Å²) in [6.07, 6.45) is 1.92. The molecule has 54 heavy (non-hydrogen) atoms. The Balaban J connectivity index is 1.48. The molecule has 4 aromatic rings. The van der Waals surface area contributed by atoms with Gasteiger partial charge in [-0.2, -0.15) is 0 Å². The summed E-state index contributed by atoms with van der Waals surface area (Å²) in [6.45, 7) is 6.78. The number of fused-ring (bicyclic) bond motifs is 1. The smallest absolute Gasteiger partial charge is 0.408 e. The number of benzene rings is 4. The predicted molar refractivity (Wildman–Crippen MR) is 206 cm³/mol. The molecule has 0 aromatic heterocycles. The number of hydrogen-bond acceptors (Lipinski definition) is 8. The molecule has 282 valence electrons. The van der Waals surface area contributed by atoms with E-state index in [2.05, 4.69) is 29.1 Å². The number of anilines is 1. The molecule has 0 spiro atoms. The molecule has 0 saturated carbocycles. The molecule has 0 heterocycles. The molecule has 4 aromatic carbocycles. The third kappa shape index (κ3) is 12.7. The highest BCUT2D eigenvalue weighted by Gasteiger charge is 2.31. The number of nitrogens with zero attached hydrogens (tertiary/aromatic N) is 1. The van der Waals surface area contributed by atoms with Crippen LogP contribution < -0.4 is 16.0 Å². The Kier molecular flexibility index (Phi) is 16.0. The van der Waals surface area contributed by atoms with E-state index in [-0.39, 0.29) is 51.5 Å². The van der Waals surface area contributed by atoms with Crippen LogP contribution in [-0.2, 0) is 41.8 Å². The SMILES string of the molecule is C=CC[C@H](CC(=O)N(CCO)Cc1ccccc1)C(=O)N[C@@H](COC(=O)[C@@H](CC=C)NC(=O)OCc1ccccc1)C(=O)Nc1ccc2ccccc2c1. The lowest BCUT2D eigenvalue weighted by molar-refractivity contribution is -0.148. The molecule has 0 unspecified atom stereocenters. The molecule has 0 bridgehead atoms. The molecule has 0 aliphatic heterocycles. The number of carbonyl (C=O) groups excluding carboxylic acids is 5. The number of aliphatic hydroxyl groups is 1. The molecule has 3 atom stereocenters. The molecule has 0 aliphatic rings. The van der Waals surface area contributed by atoms with Crippen molar-refractivity contribution >= 4 is 46.2 Å². The lowest BCUT2D eigenvalue weighted by Crippen LogP contribution is -2.50. The van der Waals surface area contributed by atoms with Crippen molar-refractivity contribution in [3.8, 4) is 0 Å². The molecule has 0 radical (unpaired) electrons. The van der Waals surface area contributed by atoms with E-state index < -0.39 is 48.5 Å². The van der Waals surface area contributed by atoms with Gasteiger partial charge in [-0.25, -0.2) is 9.59 Å². The summed E-state index contributed by atoms with van der Waals surface area (Å²) in [7, 11) is 0. The number of allylic oxidation sites excluding steroid dienone is 1. The van der Waals surface area contributed by atoms with Gasteiger partial charge in [0.05, 0.1) is 12.5 Å². The maximum atomic E-state index is 13.8. The molecule has 4 amide bonds. The van der Waals surface area contributed by atoms with Gasteiger partial charge in [0.2, 0.25) is 11.8 Å². The van der Waals surface area contributed by atoms with Crippen molar-refractivity contribution < 1.29 is 38.6 Å². The topological polar surface area (TPSA) is 163 Å². The Bertz CT molecular complexity index is 1890. The fourth-order valence-corrected chi connectivity index (χ4v) is 5.56. The van der Waals surface area contributed by atoms with Crippen molar-refractivity contribution in [3.63, 3.8) is 0 Å². The number of nitrogens with one attached hydrogen (secondary N) is 3. The molecule has 0 saturated heterocycles. The maximum Gasteiger partial charge on any atom is 0.408 e. The first kappa shape index (κ1) is 40.5. The minimum Gasteiger partial charge on any atom is -0.461 e. The molecular weight excluding hydrogens is 688 g/mol. The Labute approximate surface area is 314 Å². The summed E-state index contributed by atoms with van der Waals surface area (Å²) in [6, 6.07) is 28.5. The largest absolute Gasteiger partial charge is 0.461 e. The molecule has 12 nitrogen and oxygen atoms in total. The van der Waals surface area contributed by atoms with Crippen molar-refractivity contribution in [3.05, 3.63) is 140 Å². The van der Waals surface area contributed by atoms with Crippen molar-refractivity contribution in [2.45, 2.75) is 44.5 Å². The highest BCUT2D eigenvalue weighted by molar-refractivity contribution is 6.00. The molecular formula is C42H46N4O8. The second-order valence-electron chi connectivity index (χ2n) is 12.5. The average Bonchev–Trinajstić information content (AvgIpc) is 3.18. The zero-order chi connectivity index (χ0) is 38.7. The van der Waals surface area contributed by atoms with Crippen LogP contribution in [0.25, 0.3) is 10.8 Å². The summed E-state index contributed by atoms with van der Waals surface area (Å²) in [5.41, 5.74) is 2.04. The van der Waals surface area contributed by atoms with E-state index in [1.54, 1.807) is 36.4 Å². The molecule has 0 aliphatic carbocycles. The first-order valence-electron chi connectivity index (χ1n) is 17.6. The second-order valence-corrected chi connectivity index (χ2v) is 12.5. The van der Waals surface area contributed by atoms with Gasteiger partial charge in [-0.15, -0.1) is 13.2 Å². The normalized spacial score (nSPS) is 12.3. The van der Waals surface area contributed by atoms with Crippen LogP contribution in [0, 0.1) is 5.92 Å². The van der Waals surface area contributed by atoms with Crippen LogP contribution in [-0.4, -0.2) is 71.6 Å². The van der Waals surface area contributed by atoms with E-state index in [0.717, 1.165) is 21.9 Å². The number of ether oxygens (including phenoxy) is 2. The standard InChI is InChI=1S/C42H46N4O8/c1-3-13-34(26-38(48)46(23-24-47)27-30-15-7-5-8-16-30)39(49)44-37(40(50)43-35-22-21-32-19-11-12-20-33(32)25-35)29-53-41(51)36(14-4-2)45-42(52)54-28-31-17-9-6-10-18-31/h3-12,15-22,25,34,36-37,47H,1-2,13-14,23-24,26-29H2,(H,43,50)(H,44,49)(H,45,52)/t34-,36-,37+/m1/s1. The third-order valence-electron chi connectivity index (χ3n) is 8.42. The Morgan fingerprint density at radius 1 is 0.722 bits per heavy atom. The van der Waals surface area contributed by atoms with E-state index in [9.17, 15) is 29.1 Å². The van der Waals surface area contributed by atoms with Gasteiger partial charge in [0.15, 0.2) is 0 Å². The highest BCUT2D eigenvalue weighted by Crippen LogP contribution is 2.20. The Morgan fingerprint density at radius 3 is 2.04 bits per heavy atom. The highest BCUT2D eigenvalue weighted by atomic mass is 16.6. The van der Waals surface area contributed by atoms with Crippen molar-refractivity contribution in [1.82, 2.24) is 15.5 Å². The van der Waals surface area contributed by atoms with Crippen LogP contribution in [0.5, 0.6) is 0 Å². The van der Waals surface area contributed by atoms with Gasteiger partial charge in [-0.1, -0.05) is 103 Å². The number of esters is 1. The lowest BCUT2D eigenvalue weighted by Gasteiger charge is -2.26. The summed E-state index contributed by atoms with van der Waals surface area (Å²) in [5, 5.41) is 19.4. The van der Waals surface area contributed by atoms with E-state index >= 15 is 0 Å². The van der Waals surface area contributed by atoms with Gasteiger partial charge in [-0.05, 0) is 46.9 Å². The number of amides is 4. The van der Waals surface area contributed by atoms with E-state index in [0.29, 0.717) is 5.69 Å². The number of rotatable bonds is 20. The van der Waals surface area contributed by atoms with Crippen LogP contribution >= 0.6 is 0 Å². The van der Waals surface area contributed by atoms with E-state index in [1.165, 1.54) is 17.1 Å². The van der Waals surface area contributed by atoms with Gasteiger partial charge >= 0.3 is 12.1 Å². The summed E-state index contributed by atoms with van der Waals surface area (Å²) < 4.78 is 10.8. The van der Waals surface area contributed by atoms with Gasteiger partial charge in [0, 0.05) is 25.2 Å². The monoisotopic (exact) mass is 734 g/mol. The van der Waals surface area contributed by atoms with E-state index in [1.807, 2.05) is 66.7 Å². The first-order chi connectivity index (χ1) is 26.2. The summed E-state index contributed by atoms with van der Waals surface area (Å²) in [4.78, 5) is 68.3. The van der Waals surface area contributed by atoms with Crippen molar-refractivity contribution in [1.29, 1.82) is 0 Å². The zero-order valence-corrected chi connectivity index (χ0v) is 30.0. The molecule has 12 heteroatoms. The second kappa shape index (κ2) is 21.3. The van der Waals surface area contributed by atoms with Crippen LogP contribution in [0.15, 0.2) is 128 Å². The fraction of sp³-hybridized carbons (Fsp3) is 0.262. The minimum atomic E-state index is -1.40. The van der Waals surface area contributed by atoms with Gasteiger partial charge in [0.25, 0.3) is 5.91 Å². The first-order valence-corrected chi connectivity index (χ1v) is 17.6. The van der Waals surface area contributed by atoms with Crippen molar-refractivity contribution in [2.24, 2.45) is 5.92 Å². The van der Waals surface area contributed by atoms with Crippen LogP contribution in [0.1, 0.15) is 30.4 Å². The van der Waals surface area contributed by atoms with Gasteiger partial charge in [0.1, 0.15) is 25.3 Å². The predicted octanol–water partition coefficient (Wildman–Crippen LogP) is 5.28. The van der Waals surface area contributed by atoms with Crippen LogP contribution in [0.2, 0.25) is 0 Å². The summed E-state index contributed by atoms with van der Waals surface area (Å²) in [5.74, 6) is -3.53. The van der Waals surface area contributed by atoms with Crippen LogP contribution in [0.3, 0.4) is 0 Å². The minimum absolute atomic E-state index is 0.00355. The van der Waals surface area contributed by atoms with Gasteiger partial charge < -0.3 is 35.4 Å².